The van der Waals surface area contributed by atoms with Crippen LogP contribution in [0, 0.1) is 18.3 Å². The van der Waals surface area contributed by atoms with Gasteiger partial charge in [-0.25, -0.2) is 4.98 Å². The summed E-state index contributed by atoms with van der Waals surface area (Å²) in [5.41, 5.74) is 7.20. The highest BCUT2D eigenvalue weighted by Gasteiger charge is 2.10. The highest BCUT2D eigenvalue weighted by atomic mass is 16.5. The zero-order valence-corrected chi connectivity index (χ0v) is 14.5. The Balaban J connectivity index is 2.17. The topological polar surface area (TPSA) is 70.3 Å². The van der Waals surface area contributed by atoms with Crippen LogP contribution >= 0.6 is 0 Å². The largest absolute Gasteiger partial charge is 0.380 e. The minimum Gasteiger partial charge on any atom is -0.380 e. The first-order chi connectivity index (χ1) is 11.5. The highest BCUT2D eigenvalue weighted by Crippen LogP contribution is 2.19. The number of nitrogens with one attached hydrogen (secondary N) is 1. The maximum atomic E-state index is 9.38. The van der Waals surface area contributed by atoms with Crippen LogP contribution in [0.1, 0.15) is 47.7 Å². The molecule has 0 saturated carbocycles. The van der Waals surface area contributed by atoms with Crippen molar-refractivity contribution in [2.45, 2.75) is 33.3 Å². The smallest absolute Gasteiger partial charge is 0.164 e. The van der Waals surface area contributed by atoms with Crippen LogP contribution in [0.25, 0.3) is 0 Å². The molecule has 24 heavy (non-hydrogen) atoms. The van der Waals surface area contributed by atoms with Crippen molar-refractivity contribution in [3.8, 4) is 6.07 Å². The van der Waals surface area contributed by atoms with E-state index < -0.39 is 0 Å². The van der Waals surface area contributed by atoms with E-state index in [1.54, 1.807) is 13.3 Å². The molecule has 2 aromatic rings. The fraction of sp³-hybridized carbons (Fsp3) is 0.316. The first-order valence-corrected chi connectivity index (χ1v) is 7.83. The molecule has 0 spiro atoms. The predicted molar refractivity (Wildman–Crippen MR) is 96.1 cm³/mol. The van der Waals surface area contributed by atoms with E-state index in [0.29, 0.717) is 23.9 Å². The molecule has 1 aromatic heterocycles. The number of nitrogens with zero attached hydrogens (tertiary/aromatic N) is 3. The van der Waals surface area contributed by atoms with Gasteiger partial charge in [-0.1, -0.05) is 38.1 Å². The summed E-state index contributed by atoms with van der Waals surface area (Å²) in [6.07, 6.45) is 1.71. The number of pyridine rings is 1. The van der Waals surface area contributed by atoms with Gasteiger partial charge in [-0.3, -0.25) is 5.43 Å². The van der Waals surface area contributed by atoms with Gasteiger partial charge in [0.1, 0.15) is 11.6 Å². The van der Waals surface area contributed by atoms with E-state index >= 15 is 0 Å². The summed E-state index contributed by atoms with van der Waals surface area (Å²) in [4.78, 5) is 4.35. The molecule has 124 valence electrons. The summed E-state index contributed by atoms with van der Waals surface area (Å²) in [6, 6.07) is 12.2. The Labute approximate surface area is 143 Å². The number of hydrogen-bond acceptors (Lipinski definition) is 5. The van der Waals surface area contributed by atoms with Crippen LogP contribution in [-0.2, 0) is 11.3 Å². The van der Waals surface area contributed by atoms with Crippen molar-refractivity contribution in [2.24, 2.45) is 5.10 Å². The molecule has 0 fully saturated rings. The number of hydrazone groups is 1. The van der Waals surface area contributed by atoms with E-state index in [4.69, 9.17) is 4.74 Å². The van der Waals surface area contributed by atoms with Crippen LogP contribution in [0.2, 0.25) is 0 Å². The van der Waals surface area contributed by atoms with Crippen LogP contribution < -0.4 is 5.43 Å². The van der Waals surface area contributed by atoms with Crippen molar-refractivity contribution in [1.29, 1.82) is 5.26 Å². The van der Waals surface area contributed by atoms with Crippen LogP contribution in [-0.4, -0.2) is 18.3 Å². The van der Waals surface area contributed by atoms with E-state index in [0.717, 1.165) is 16.8 Å². The molecule has 0 unspecified atom stereocenters. The van der Waals surface area contributed by atoms with Gasteiger partial charge in [0.15, 0.2) is 5.82 Å². The Kier molecular flexibility index (Phi) is 6.05. The lowest BCUT2D eigenvalue weighted by Crippen LogP contribution is -2.03. The third kappa shape index (κ3) is 4.40. The quantitative estimate of drug-likeness (QED) is 0.645. The number of ether oxygens (including phenoxy) is 1. The second-order valence-corrected chi connectivity index (χ2v) is 5.88. The summed E-state index contributed by atoms with van der Waals surface area (Å²) in [5.74, 6) is 0.947. The van der Waals surface area contributed by atoms with E-state index in [-0.39, 0.29) is 0 Å². The van der Waals surface area contributed by atoms with Crippen molar-refractivity contribution < 1.29 is 4.74 Å². The molecule has 0 saturated heterocycles. The summed E-state index contributed by atoms with van der Waals surface area (Å²) < 4.78 is 5.14. The molecule has 0 atom stereocenters. The van der Waals surface area contributed by atoms with E-state index in [1.165, 1.54) is 5.56 Å². The molecule has 1 aromatic carbocycles. The number of nitriles is 1. The molecule has 0 aliphatic heterocycles. The molecular formula is C19H22N4O. The number of anilines is 1. The highest BCUT2D eigenvalue weighted by molar-refractivity contribution is 5.80. The van der Waals surface area contributed by atoms with Crippen LogP contribution in [0.3, 0.4) is 0 Å². The lowest BCUT2D eigenvalue weighted by Gasteiger charge is -2.09. The van der Waals surface area contributed by atoms with Crippen LogP contribution in [0.5, 0.6) is 0 Å². The molecule has 1 heterocycles. The number of methoxy groups -OCH3 is 1. The van der Waals surface area contributed by atoms with Gasteiger partial charge in [0.25, 0.3) is 0 Å². The van der Waals surface area contributed by atoms with Gasteiger partial charge >= 0.3 is 0 Å². The van der Waals surface area contributed by atoms with Gasteiger partial charge in [-0.05, 0) is 30.0 Å². The Morgan fingerprint density at radius 3 is 2.62 bits per heavy atom. The number of benzene rings is 1. The fourth-order valence-corrected chi connectivity index (χ4v) is 2.35. The molecule has 5 heteroatoms. The molecule has 0 amide bonds. The first-order valence-electron chi connectivity index (χ1n) is 7.83. The summed E-state index contributed by atoms with van der Waals surface area (Å²) in [6.45, 7) is 6.56. The number of rotatable bonds is 6. The molecule has 1 N–H and O–H groups in total. The molecule has 0 aliphatic rings. The van der Waals surface area contributed by atoms with Crippen molar-refractivity contribution in [2.75, 3.05) is 12.5 Å². The van der Waals surface area contributed by atoms with Gasteiger partial charge in [-0.15, -0.1) is 0 Å². The zero-order chi connectivity index (χ0) is 17.5. The third-order valence-electron chi connectivity index (χ3n) is 3.63. The van der Waals surface area contributed by atoms with E-state index in [1.807, 2.05) is 25.1 Å². The third-order valence-corrected chi connectivity index (χ3v) is 3.63. The van der Waals surface area contributed by atoms with Crippen molar-refractivity contribution in [3.63, 3.8) is 0 Å². The maximum Gasteiger partial charge on any atom is 0.164 e. The second-order valence-electron chi connectivity index (χ2n) is 5.88. The standard InChI is InChI=1S/C19H22N4O/c1-13(2)16-7-5-15(6-8-16)11-21-23-19-18(10-20)17(12-24-4)9-14(3)22-19/h5-9,11,13H,12H2,1-4H3,(H,22,23)/b21-11-. The summed E-state index contributed by atoms with van der Waals surface area (Å²) in [5, 5.41) is 13.6. The van der Waals surface area contributed by atoms with Crippen molar-refractivity contribution >= 4 is 12.0 Å². The van der Waals surface area contributed by atoms with Gasteiger partial charge in [0.2, 0.25) is 0 Å². The van der Waals surface area contributed by atoms with E-state index in [9.17, 15) is 5.26 Å². The Morgan fingerprint density at radius 2 is 2.04 bits per heavy atom. The molecule has 0 radical (unpaired) electrons. The van der Waals surface area contributed by atoms with Gasteiger partial charge in [0, 0.05) is 18.4 Å². The molecule has 2 rings (SSSR count). The van der Waals surface area contributed by atoms with Crippen molar-refractivity contribution in [3.05, 3.63) is 58.3 Å². The second kappa shape index (κ2) is 8.23. The van der Waals surface area contributed by atoms with Gasteiger partial charge < -0.3 is 4.74 Å². The molecular weight excluding hydrogens is 300 g/mol. The zero-order valence-electron chi connectivity index (χ0n) is 14.5. The average molecular weight is 322 g/mol. The Bertz CT molecular complexity index is 758. The number of hydrogen-bond donors (Lipinski definition) is 1. The number of aryl methyl sites for hydroxylation is 1. The monoisotopic (exact) mass is 322 g/mol. The van der Waals surface area contributed by atoms with Crippen molar-refractivity contribution in [1.82, 2.24) is 4.98 Å². The van der Waals surface area contributed by atoms with Gasteiger partial charge in [0.05, 0.1) is 12.8 Å². The number of aromatic nitrogens is 1. The summed E-state index contributed by atoms with van der Waals surface area (Å²) >= 11 is 0. The molecule has 0 bridgehead atoms. The first kappa shape index (κ1) is 17.6. The van der Waals surface area contributed by atoms with Crippen LogP contribution in [0.4, 0.5) is 5.82 Å². The normalized spacial score (nSPS) is 11.0. The van der Waals surface area contributed by atoms with Crippen LogP contribution in [0.15, 0.2) is 35.4 Å². The maximum absolute atomic E-state index is 9.38. The fourth-order valence-electron chi connectivity index (χ4n) is 2.35. The Morgan fingerprint density at radius 1 is 1.33 bits per heavy atom. The lowest BCUT2D eigenvalue weighted by molar-refractivity contribution is 0.184. The average Bonchev–Trinajstić information content (AvgIpc) is 2.55. The van der Waals surface area contributed by atoms with E-state index in [2.05, 4.69) is 47.6 Å². The predicted octanol–water partition coefficient (Wildman–Crippen LogP) is 3.98. The molecule has 5 nitrogen and oxygen atoms in total. The van der Waals surface area contributed by atoms with Gasteiger partial charge in [-0.2, -0.15) is 10.4 Å². The molecule has 0 aliphatic carbocycles. The summed E-state index contributed by atoms with van der Waals surface area (Å²) in [7, 11) is 1.60. The minimum atomic E-state index is 0.362. The SMILES string of the molecule is COCc1cc(C)nc(N/N=C\c2ccc(C(C)C)cc2)c1C#N. The Hall–Kier alpha value is -2.71. The lowest BCUT2D eigenvalue weighted by atomic mass is 10.0. The minimum absolute atomic E-state index is 0.362.